The molecule has 0 radical (unpaired) electrons. The normalized spacial score (nSPS) is 11.4. The average Bonchev–Trinajstić information content (AvgIpc) is 3.97. The van der Waals surface area contributed by atoms with Crippen LogP contribution in [0.3, 0.4) is 0 Å². The second kappa shape index (κ2) is 17.9. The molecule has 12 aromatic rings. The molecular weight excluding hydrogens is 1080 g/mol. The minimum Gasteiger partial charge on any atom is -0.290 e. The van der Waals surface area contributed by atoms with Crippen LogP contribution in [0.4, 0.5) is 13.2 Å². The molecule has 0 aliphatic rings. The fourth-order valence-corrected chi connectivity index (χ4v) is 9.29. The lowest BCUT2D eigenvalue weighted by Gasteiger charge is -2.02. The summed E-state index contributed by atoms with van der Waals surface area (Å²) in [7, 11) is 0. The molecule has 6 heterocycles. The molecule has 0 bridgehead atoms. The van der Waals surface area contributed by atoms with Crippen LogP contribution in [0.1, 0.15) is 16.7 Å². The van der Waals surface area contributed by atoms with Crippen LogP contribution >= 0.6 is 47.8 Å². The van der Waals surface area contributed by atoms with Gasteiger partial charge in [0.25, 0.3) is 16.7 Å². The summed E-state index contributed by atoms with van der Waals surface area (Å²) in [6.07, 6.45) is 4.24. The van der Waals surface area contributed by atoms with Gasteiger partial charge in [0.1, 0.15) is 16.6 Å². The minimum atomic E-state index is -0.430. The fourth-order valence-electron chi connectivity index (χ4n) is 8.00. The summed E-state index contributed by atoms with van der Waals surface area (Å²) in [4.78, 5) is 50.1. The highest BCUT2D eigenvalue weighted by molar-refractivity contribution is 9.11. The van der Waals surface area contributed by atoms with Crippen molar-refractivity contribution in [3.63, 3.8) is 0 Å². The number of pyridine rings is 3. The first-order valence-electron chi connectivity index (χ1n) is 21.0. The zero-order valence-electron chi connectivity index (χ0n) is 36.3. The van der Waals surface area contributed by atoms with Gasteiger partial charge in [-0.25, -0.2) is 27.2 Å². The van der Waals surface area contributed by atoms with E-state index in [2.05, 4.69) is 78.0 Å². The zero-order valence-corrected chi connectivity index (χ0v) is 41.1. The lowest BCUT2D eigenvalue weighted by molar-refractivity contribution is 0.636. The number of nitrogens with one attached hydrogen (secondary N) is 3. The highest BCUT2D eigenvalue weighted by atomic mass is 79.9. The van der Waals surface area contributed by atoms with E-state index in [4.69, 9.17) is 0 Å². The Morgan fingerprint density at radius 3 is 0.884 bits per heavy atom. The maximum Gasteiger partial charge on any atom is 0.280 e. The van der Waals surface area contributed by atoms with Gasteiger partial charge in [-0.15, -0.1) is 0 Å². The monoisotopic (exact) mass is 1110 g/mol. The maximum absolute atomic E-state index is 14.1. The molecule has 12 rings (SSSR count). The fraction of sp³-hybridized carbons (Fsp3) is 0.0588. The first kappa shape index (κ1) is 45.4. The summed E-state index contributed by atoms with van der Waals surface area (Å²) < 4.78 is 48.3. The molecule has 0 saturated heterocycles. The van der Waals surface area contributed by atoms with E-state index in [1.807, 2.05) is 93.6 Å². The Balaban J connectivity index is 0.000000120. The van der Waals surface area contributed by atoms with Gasteiger partial charge < -0.3 is 0 Å². The van der Waals surface area contributed by atoms with E-state index in [0.29, 0.717) is 62.3 Å². The van der Waals surface area contributed by atoms with Crippen molar-refractivity contribution in [1.82, 2.24) is 44.3 Å². The molecule has 6 aromatic carbocycles. The van der Waals surface area contributed by atoms with Crippen LogP contribution < -0.4 is 16.7 Å². The minimum absolute atomic E-state index is 0.210. The average molecular weight is 1120 g/mol. The number of benzene rings is 6. The Morgan fingerprint density at radius 2 is 0.638 bits per heavy atom. The standard InChI is InChI=1S/3C17H11BrFN3O/c3*1-9-2-4-11(5-3-9)22-17(23)13-8-20-16-12(15(13)21-22)6-10(18)7-14(16)19/h3*2-8,21H,1H3. The van der Waals surface area contributed by atoms with E-state index in [1.54, 1.807) is 18.2 Å². The Labute approximate surface area is 412 Å². The van der Waals surface area contributed by atoms with E-state index in [9.17, 15) is 27.6 Å². The molecule has 0 atom stereocenters. The highest BCUT2D eigenvalue weighted by Gasteiger charge is 2.18. The summed E-state index contributed by atoms with van der Waals surface area (Å²) in [6, 6.07) is 32.1. The number of hydrogen-bond acceptors (Lipinski definition) is 6. The van der Waals surface area contributed by atoms with Crippen LogP contribution in [-0.4, -0.2) is 44.3 Å². The van der Waals surface area contributed by atoms with Crippen molar-refractivity contribution >= 4 is 113 Å². The van der Waals surface area contributed by atoms with Crippen LogP contribution in [0.25, 0.3) is 82.5 Å². The Hall–Kier alpha value is -7.41. The molecule has 342 valence electrons. The van der Waals surface area contributed by atoms with Crippen molar-refractivity contribution in [2.45, 2.75) is 20.8 Å². The van der Waals surface area contributed by atoms with E-state index in [0.717, 1.165) is 33.8 Å². The van der Waals surface area contributed by atoms with E-state index in [-0.39, 0.29) is 33.2 Å². The lowest BCUT2D eigenvalue weighted by Crippen LogP contribution is -2.14. The van der Waals surface area contributed by atoms with Crippen LogP contribution in [-0.2, 0) is 0 Å². The quantitative estimate of drug-likeness (QED) is 0.160. The van der Waals surface area contributed by atoms with Gasteiger partial charge in [0.05, 0.1) is 49.8 Å². The van der Waals surface area contributed by atoms with Gasteiger partial charge in [-0.05, 0) is 93.6 Å². The van der Waals surface area contributed by atoms with Crippen LogP contribution in [0.5, 0.6) is 0 Å². The predicted molar refractivity (Wildman–Crippen MR) is 275 cm³/mol. The van der Waals surface area contributed by atoms with E-state index < -0.39 is 17.5 Å². The molecule has 0 saturated carbocycles. The summed E-state index contributed by atoms with van der Waals surface area (Å²) in [5.41, 5.74) is 7.27. The molecule has 0 aliphatic carbocycles. The molecule has 0 aliphatic heterocycles. The molecule has 3 N–H and O–H groups in total. The number of H-pyrrole nitrogens is 3. The zero-order chi connectivity index (χ0) is 48.4. The number of aromatic amines is 3. The van der Waals surface area contributed by atoms with Crippen molar-refractivity contribution in [3.8, 4) is 17.1 Å². The van der Waals surface area contributed by atoms with Crippen LogP contribution in [0, 0.1) is 38.2 Å². The Kier molecular flexibility index (Phi) is 11.8. The summed E-state index contributed by atoms with van der Waals surface area (Å²) in [6.45, 7) is 5.94. The Morgan fingerprint density at radius 1 is 0.391 bits per heavy atom. The van der Waals surface area contributed by atoms with Gasteiger partial charge in [-0.1, -0.05) is 101 Å². The molecule has 0 fully saturated rings. The number of aryl methyl sites for hydroxylation is 3. The maximum atomic E-state index is 14.1. The van der Waals surface area contributed by atoms with E-state index >= 15 is 0 Å². The third-order valence-corrected chi connectivity index (χ3v) is 12.9. The molecule has 0 spiro atoms. The van der Waals surface area contributed by atoms with Crippen molar-refractivity contribution < 1.29 is 13.2 Å². The number of halogens is 6. The third-order valence-electron chi connectivity index (χ3n) is 11.5. The van der Waals surface area contributed by atoms with Crippen molar-refractivity contribution in [3.05, 3.63) is 206 Å². The first-order valence-corrected chi connectivity index (χ1v) is 23.4. The largest absolute Gasteiger partial charge is 0.290 e. The first-order chi connectivity index (χ1) is 33.1. The summed E-state index contributed by atoms with van der Waals surface area (Å²) in [5, 5.41) is 12.2. The molecule has 69 heavy (non-hydrogen) atoms. The topological polar surface area (TPSA) is 152 Å². The highest BCUT2D eigenvalue weighted by Crippen LogP contribution is 2.30. The van der Waals surface area contributed by atoms with Gasteiger partial charge in [-0.3, -0.25) is 44.6 Å². The molecular formula is C51H33Br3F3N9O3. The molecule has 18 heteroatoms. The van der Waals surface area contributed by atoms with Gasteiger partial charge in [0, 0.05) is 48.2 Å². The second-order valence-electron chi connectivity index (χ2n) is 16.3. The van der Waals surface area contributed by atoms with Crippen LogP contribution in [0.15, 0.2) is 156 Å². The van der Waals surface area contributed by atoms with Gasteiger partial charge in [0.2, 0.25) is 0 Å². The summed E-state index contributed by atoms with van der Waals surface area (Å²) >= 11 is 9.84. The van der Waals surface area contributed by atoms with Gasteiger partial charge in [0.15, 0.2) is 17.5 Å². The number of fused-ring (bicyclic) bond motifs is 9. The van der Waals surface area contributed by atoms with Crippen molar-refractivity contribution in [2.75, 3.05) is 0 Å². The molecule has 6 aromatic heterocycles. The number of rotatable bonds is 3. The van der Waals surface area contributed by atoms with Gasteiger partial charge in [-0.2, -0.15) is 0 Å². The van der Waals surface area contributed by atoms with Crippen molar-refractivity contribution in [1.29, 1.82) is 0 Å². The van der Waals surface area contributed by atoms with Gasteiger partial charge >= 0.3 is 0 Å². The Bertz CT molecular complexity index is 3770. The molecule has 12 nitrogen and oxygen atoms in total. The predicted octanol–water partition coefficient (Wildman–Crippen LogP) is 12.2. The van der Waals surface area contributed by atoms with Crippen molar-refractivity contribution in [2.24, 2.45) is 0 Å². The third kappa shape index (κ3) is 8.38. The van der Waals surface area contributed by atoms with Crippen LogP contribution in [0.2, 0.25) is 0 Å². The lowest BCUT2D eigenvalue weighted by atomic mass is 10.1. The number of aromatic nitrogens is 9. The SMILES string of the molecule is Cc1ccc(-n2[nH]c3c(cnc4c(F)cc(Br)cc43)c2=O)cc1.Cc1ccc(-n2[nH]c3c(cnc4c(F)cc(Br)cc43)c2=O)cc1.Cc1ccc(-n2[nH]c3c(cnc4c(F)cc(Br)cc43)c2=O)cc1. The molecule has 0 amide bonds. The second-order valence-corrected chi connectivity index (χ2v) is 19.0. The smallest absolute Gasteiger partial charge is 0.280 e. The summed E-state index contributed by atoms with van der Waals surface area (Å²) in [5.74, 6) is -1.29. The molecule has 0 unspecified atom stereocenters. The van der Waals surface area contributed by atoms with E-state index in [1.165, 1.54) is 50.8 Å². The number of nitrogens with zero attached hydrogens (tertiary/aromatic N) is 6. The number of hydrogen-bond donors (Lipinski definition) is 3.